The average Bonchev–Trinajstić information content (AvgIpc) is 2.09. The molecule has 12 heavy (non-hydrogen) atoms. The van der Waals surface area contributed by atoms with Crippen LogP contribution in [0.1, 0.15) is 5.56 Å². The summed E-state index contributed by atoms with van der Waals surface area (Å²) in [7, 11) is 0. The van der Waals surface area contributed by atoms with Crippen molar-refractivity contribution in [3.63, 3.8) is 0 Å². The van der Waals surface area contributed by atoms with Crippen molar-refractivity contribution in [1.29, 1.82) is 0 Å². The molecule has 1 atom stereocenters. The third-order valence-corrected chi connectivity index (χ3v) is 2.15. The maximum absolute atomic E-state index is 5.72. The van der Waals surface area contributed by atoms with Crippen molar-refractivity contribution < 1.29 is 4.74 Å². The Hall–Kier alpha value is -0.400. The van der Waals surface area contributed by atoms with E-state index in [1.54, 1.807) is 0 Å². The van der Waals surface area contributed by atoms with Gasteiger partial charge in [-0.05, 0) is 18.6 Å². The fraction of sp³-hybridized carbons (Fsp3) is 0.333. The van der Waals surface area contributed by atoms with Gasteiger partial charge in [-0.3, -0.25) is 0 Å². The number of para-hydroxylation sites is 1. The van der Waals surface area contributed by atoms with Crippen LogP contribution in [0.25, 0.3) is 0 Å². The zero-order valence-electron chi connectivity index (χ0n) is 6.76. The summed E-state index contributed by atoms with van der Waals surface area (Å²) in [6.45, 7) is 1.97. The second kappa shape index (κ2) is 4.58. The van der Waals surface area contributed by atoms with Gasteiger partial charge in [0.15, 0.2) is 5.56 Å². The Kier molecular flexibility index (Phi) is 3.70. The number of alkyl halides is 2. The highest BCUT2D eigenvalue weighted by Crippen LogP contribution is 2.19. The number of aryl methyl sites for hydroxylation is 1. The Labute approximate surface area is 82.2 Å². The van der Waals surface area contributed by atoms with E-state index in [2.05, 4.69) is 0 Å². The number of rotatable bonds is 3. The molecule has 0 saturated heterocycles. The third-order valence-electron chi connectivity index (χ3n) is 1.47. The maximum Gasteiger partial charge on any atom is 0.185 e. The van der Waals surface area contributed by atoms with E-state index >= 15 is 0 Å². The molecule has 0 bridgehead atoms. The Morgan fingerprint density at radius 1 is 1.42 bits per heavy atom. The van der Waals surface area contributed by atoms with Gasteiger partial charge in [0.25, 0.3) is 0 Å². The highest BCUT2D eigenvalue weighted by atomic mass is 35.5. The Morgan fingerprint density at radius 3 is 2.67 bits per heavy atom. The quantitative estimate of drug-likeness (QED) is 0.688. The molecule has 0 saturated carbocycles. The average molecular weight is 205 g/mol. The molecule has 0 aliphatic rings. The zero-order valence-corrected chi connectivity index (χ0v) is 8.27. The molecule has 0 N–H and O–H groups in total. The summed E-state index contributed by atoms with van der Waals surface area (Å²) >= 11 is 11.2. The summed E-state index contributed by atoms with van der Waals surface area (Å²) < 4.78 is 5.33. The van der Waals surface area contributed by atoms with Gasteiger partial charge >= 0.3 is 0 Å². The molecule has 66 valence electrons. The van der Waals surface area contributed by atoms with Crippen molar-refractivity contribution in [2.75, 3.05) is 5.88 Å². The lowest BCUT2D eigenvalue weighted by atomic mass is 10.2. The molecule has 0 radical (unpaired) electrons. The minimum Gasteiger partial charge on any atom is -0.473 e. The van der Waals surface area contributed by atoms with E-state index in [1.807, 2.05) is 31.2 Å². The first-order valence-corrected chi connectivity index (χ1v) is 4.63. The van der Waals surface area contributed by atoms with Gasteiger partial charge in [-0.2, -0.15) is 0 Å². The summed E-state index contributed by atoms with van der Waals surface area (Å²) in [5.74, 6) is 1.08. The van der Waals surface area contributed by atoms with Crippen LogP contribution < -0.4 is 4.74 Å². The normalized spacial score (nSPS) is 12.6. The lowest BCUT2D eigenvalue weighted by molar-refractivity contribution is 0.302. The molecule has 0 aliphatic carbocycles. The standard InChI is InChI=1S/C9H10Cl2O/c1-7-4-2-3-5-8(7)12-9(11)6-10/h2-5,9H,6H2,1H3. The summed E-state index contributed by atoms with van der Waals surface area (Å²) in [5, 5.41) is 0. The summed E-state index contributed by atoms with van der Waals surface area (Å²) in [6.07, 6.45) is 0. The Balaban J connectivity index is 2.69. The van der Waals surface area contributed by atoms with Crippen molar-refractivity contribution in [2.45, 2.75) is 12.5 Å². The van der Waals surface area contributed by atoms with E-state index in [9.17, 15) is 0 Å². The molecule has 0 aliphatic heterocycles. The monoisotopic (exact) mass is 204 g/mol. The van der Waals surface area contributed by atoms with Crippen molar-refractivity contribution in [3.05, 3.63) is 29.8 Å². The topological polar surface area (TPSA) is 9.23 Å². The molecule has 1 unspecified atom stereocenters. The largest absolute Gasteiger partial charge is 0.473 e. The third kappa shape index (κ3) is 2.58. The van der Waals surface area contributed by atoms with Crippen LogP contribution in [0.15, 0.2) is 24.3 Å². The van der Waals surface area contributed by atoms with Gasteiger partial charge in [-0.25, -0.2) is 0 Å². The first kappa shape index (κ1) is 9.69. The molecule has 0 amide bonds. The van der Waals surface area contributed by atoms with Crippen molar-refractivity contribution in [1.82, 2.24) is 0 Å². The van der Waals surface area contributed by atoms with Crippen LogP contribution in [0.2, 0.25) is 0 Å². The van der Waals surface area contributed by atoms with Gasteiger partial charge in [0.2, 0.25) is 0 Å². The van der Waals surface area contributed by atoms with E-state index in [1.165, 1.54) is 0 Å². The maximum atomic E-state index is 5.72. The summed E-state index contributed by atoms with van der Waals surface area (Å²) in [5.41, 5.74) is 0.612. The van der Waals surface area contributed by atoms with Crippen LogP contribution in [0.5, 0.6) is 5.75 Å². The van der Waals surface area contributed by atoms with Crippen LogP contribution in [0.3, 0.4) is 0 Å². The SMILES string of the molecule is Cc1ccccc1OC(Cl)CCl. The van der Waals surface area contributed by atoms with E-state index < -0.39 is 5.56 Å². The fourth-order valence-electron chi connectivity index (χ4n) is 0.858. The Bertz CT molecular complexity index is 250. The van der Waals surface area contributed by atoms with Crippen LogP contribution in [0.4, 0.5) is 0 Å². The van der Waals surface area contributed by atoms with Gasteiger partial charge < -0.3 is 4.74 Å². The molecule has 1 nitrogen and oxygen atoms in total. The molecule has 0 aromatic heterocycles. The molecule has 1 aromatic carbocycles. The van der Waals surface area contributed by atoms with Crippen LogP contribution in [0, 0.1) is 6.92 Å². The first-order valence-electron chi connectivity index (χ1n) is 3.66. The minimum atomic E-state index is -0.451. The molecular formula is C9H10Cl2O. The molecule has 1 rings (SSSR count). The molecular weight excluding hydrogens is 195 g/mol. The second-order valence-corrected chi connectivity index (χ2v) is 3.24. The van der Waals surface area contributed by atoms with Gasteiger partial charge in [0, 0.05) is 0 Å². The van der Waals surface area contributed by atoms with Gasteiger partial charge in [-0.1, -0.05) is 29.8 Å². The molecule has 0 fully saturated rings. The van der Waals surface area contributed by atoms with Crippen molar-refractivity contribution in [3.8, 4) is 5.75 Å². The lowest BCUT2D eigenvalue weighted by Gasteiger charge is -2.11. The molecule has 0 spiro atoms. The first-order chi connectivity index (χ1) is 5.74. The van der Waals surface area contributed by atoms with Crippen molar-refractivity contribution in [2.24, 2.45) is 0 Å². The van der Waals surface area contributed by atoms with Crippen LogP contribution >= 0.6 is 23.2 Å². The zero-order chi connectivity index (χ0) is 8.97. The number of ether oxygens (including phenoxy) is 1. The van der Waals surface area contributed by atoms with Crippen LogP contribution in [-0.2, 0) is 0 Å². The predicted molar refractivity (Wildman–Crippen MR) is 52.2 cm³/mol. The Morgan fingerprint density at radius 2 is 2.08 bits per heavy atom. The second-order valence-electron chi connectivity index (χ2n) is 2.45. The molecule has 3 heteroatoms. The van der Waals surface area contributed by atoms with E-state index in [0.29, 0.717) is 0 Å². The smallest absolute Gasteiger partial charge is 0.185 e. The van der Waals surface area contributed by atoms with Gasteiger partial charge in [-0.15, -0.1) is 11.6 Å². The number of hydrogen-bond acceptors (Lipinski definition) is 1. The van der Waals surface area contributed by atoms with Crippen molar-refractivity contribution >= 4 is 23.2 Å². The number of halogens is 2. The predicted octanol–water partition coefficient (Wildman–Crippen LogP) is 3.18. The fourth-order valence-corrected chi connectivity index (χ4v) is 1.02. The number of benzene rings is 1. The minimum absolute atomic E-state index is 0.288. The molecule has 0 heterocycles. The summed E-state index contributed by atoms with van der Waals surface area (Å²) in [4.78, 5) is 0. The van der Waals surface area contributed by atoms with E-state index in [4.69, 9.17) is 27.9 Å². The molecule has 1 aromatic rings. The number of hydrogen-bond donors (Lipinski definition) is 0. The highest BCUT2D eigenvalue weighted by molar-refractivity contribution is 6.27. The van der Waals surface area contributed by atoms with Gasteiger partial charge in [0.05, 0.1) is 5.88 Å². The van der Waals surface area contributed by atoms with E-state index in [0.717, 1.165) is 11.3 Å². The lowest BCUT2D eigenvalue weighted by Crippen LogP contribution is -2.10. The highest BCUT2D eigenvalue weighted by Gasteiger charge is 2.04. The van der Waals surface area contributed by atoms with Gasteiger partial charge in [0.1, 0.15) is 5.75 Å². The summed E-state index contributed by atoms with van der Waals surface area (Å²) in [6, 6.07) is 7.69. The van der Waals surface area contributed by atoms with Crippen LogP contribution in [-0.4, -0.2) is 11.4 Å². The van der Waals surface area contributed by atoms with E-state index in [-0.39, 0.29) is 5.88 Å².